The molecule has 0 aromatic heterocycles. The first-order valence-electron chi connectivity index (χ1n) is 7.47. The molecule has 4 nitrogen and oxygen atoms in total. The molecule has 3 heterocycles. The Bertz CT molecular complexity index is 506. The lowest BCUT2D eigenvalue weighted by Gasteiger charge is -2.34. The Kier molecular flexibility index (Phi) is 4.10. The van der Waals surface area contributed by atoms with Crippen molar-refractivity contribution >= 4 is 6.09 Å². The number of benzene rings is 1. The van der Waals surface area contributed by atoms with Crippen LogP contribution in [0.3, 0.4) is 0 Å². The molecule has 114 valence electrons. The highest BCUT2D eigenvalue weighted by atomic mass is 19.1. The summed E-state index contributed by atoms with van der Waals surface area (Å²) >= 11 is 0. The van der Waals surface area contributed by atoms with Gasteiger partial charge in [0, 0.05) is 32.2 Å². The van der Waals surface area contributed by atoms with Crippen LogP contribution in [0.15, 0.2) is 24.3 Å². The first-order valence-corrected chi connectivity index (χ1v) is 7.47. The van der Waals surface area contributed by atoms with Crippen LogP contribution in [0.25, 0.3) is 0 Å². The molecule has 4 rings (SSSR count). The Hall–Kier alpha value is -1.62. The average Bonchev–Trinajstić information content (AvgIpc) is 2.79. The molecule has 0 aliphatic carbocycles. The number of methoxy groups -OCH3 is 1. The van der Waals surface area contributed by atoms with Crippen molar-refractivity contribution in [2.75, 3.05) is 26.7 Å². The van der Waals surface area contributed by atoms with Crippen molar-refractivity contribution in [2.24, 2.45) is 5.92 Å². The van der Waals surface area contributed by atoms with Crippen molar-refractivity contribution < 1.29 is 13.9 Å². The van der Waals surface area contributed by atoms with Crippen molar-refractivity contribution in [1.82, 2.24) is 9.80 Å². The van der Waals surface area contributed by atoms with Crippen LogP contribution in [0.5, 0.6) is 0 Å². The minimum absolute atomic E-state index is 0.202. The highest BCUT2D eigenvalue weighted by Crippen LogP contribution is 2.29. The van der Waals surface area contributed by atoms with Gasteiger partial charge in [-0.1, -0.05) is 12.1 Å². The topological polar surface area (TPSA) is 32.8 Å². The van der Waals surface area contributed by atoms with Gasteiger partial charge in [0.25, 0.3) is 0 Å². The van der Waals surface area contributed by atoms with Gasteiger partial charge >= 0.3 is 6.09 Å². The van der Waals surface area contributed by atoms with Crippen molar-refractivity contribution in [1.29, 1.82) is 0 Å². The molecule has 0 N–H and O–H groups in total. The van der Waals surface area contributed by atoms with Crippen LogP contribution in [-0.2, 0) is 11.3 Å². The minimum atomic E-state index is -0.215. The largest absolute Gasteiger partial charge is 0.453 e. The predicted octanol–water partition coefficient (Wildman–Crippen LogP) is 2.49. The Balaban J connectivity index is 1.69. The fourth-order valence-corrected chi connectivity index (χ4v) is 3.50. The molecular formula is C16H21FN2O2. The van der Waals surface area contributed by atoms with Gasteiger partial charge in [0.05, 0.1) is 7.11 Å². The molecule has 3 saturated heterocycles. The van der Waals surface area contributed by atoms with Crippen LogP contribution in [0, 0.1) is 11.7 Å². The van der Waals surface area contributed by atoms with Gasteiger partial charge < -0.3 is 9.64 Å². The quantitative estimate of drug-likeness (QED) is 0.839. The second-order valence-corrected chi connectivity index (χ2v) is 6.04. The third kappa shape index (κ3) is 3.18. The number of halogens is 1. The zero-order valence-electron chi connectivity index (χ0n) is 12.3. The number of nitrogens with zero attached hydrogens (tertiary/aromatic N) is 2. The summed E-state index contributed by atoms with van der Waals surface area (Å²) < 4.78 is 17.9. The Morgan fingerprint density at radius 2 is 2.00 bits per heavy atom. The summed E-state index contributed by atoms with van der Waals surface area (Å²) in [5.74, 6) is 0.301. The maximum Gasteiger partial charge on any atom is 0.409 e. The summed E-state index contributed by atoms with van der Waals surface area (Å²) in [5.41, 5.74) is 1.11. The van der Waals surface area contributed by atoms with Gasteiger partial charge in [-0.15, -0.1) is 0 Å². The van der Waals surface area contributed by atoms with E-state index in [2.05, 4.69) is 4.90 Å². The molecule has 0 saturated carbocycles. The standard InChI is InChI=1S/C16H21FN2O2/c1-21-16(20)19-10-13-4-7-15(19)11-18(9-13)8-12-2-5-14(17)6-3-12/h2-3,5-6,13,15H,4,7-11H2,1H3/t13-,15+/m1/s1. The van der Waals surface area contributed by atoms with E-state index in [9.17, 15) is 9.18 Å². The van der Waals surface area contributed by atoms with E-state index < -0.39 is 0 Å². The van der Waals surface area contributed by atoms with Crippen LogP contribution in [-0.4, -0.2) is 48.7 Å². The van der Waals surface area contributed by atoms with Crippen molar-refractivity contribution in [3.63, 3.8) is 0 Å². The van der Waals surface area contributed by atoms with Crippen molar-refractivity contribution in [2.45, 2.75) is 25.4 Å². The molecule has 1 amide bonds. The van der Waals surface area contributed by atoms with Crippen LogP contribution in [0.2, 0.25) is 0 Å². The smallest absolute Gasteiger partial charge is 0.409 e. The monoisotopic (exact) mass is 292 g/mol. The third-order valence-electron chi connectivity index (χ3n) is 4.52. The summed E-state index contributed by atoms with van der Waals surface area (Å²) in [6.45, 7) is 3.45. The van der Waals surface area contributed by atoms with Gasteiger partial charge in [0.15, 0.2) is 0 Å². The lowest BCUT2D eigenvalue weighted by molar-refractivity contribution is 0.0833. The minimum Gasteiger partial charge on any atom is -0.453 e. The van der Waals surface area contributed by atoms with Gasteiger partial charge in [-0.05, 0) is 36.5 Å². The van der Waals surface area contributed by atoms with Crippen molar-refractivity contribution in [3.05, 3.63) is 35.6 Å². The number of hydrogen-bond acceptors (Lipinski definition) is 3. The SMILES string of the molecule is COC(=O)N1C[C@@H]2CC[C@H]1CN(Cc1ccc(F)cc1)C2. The van der Waals surface area contributed by atoms with Crippen LogP contribution in [0.4, 0.5) is 9.18 Å². The fraction of sp³-hybridized carbons (Fsp3) is 0.562. The van der Waals surface area contributed by atoms with Gasteiger partial charge in [-0.3, -0.25) is 4.90 Å². The van der Waals surface area contributed by atoms with E-state index in [0.717, 1.165) is 44.6 Å². The summed E-state index contributed by atoms with van der Waals surface area (Å²) in [4.78, 5) is 16.1. The lowest BCUT2D eigenvalue weighted by Crippen LogP contribution is -2.47. The van der Waals surface area contributed by atoms with Crippen LogP contribution >= 0.6 is 0 Å². The fourth-order valence-electron chi connectivity index (χ4n) is 3.50. The number of fused-ring (bicyclic) bond motifs is 4. The van der Waals surface area contributed by atoms with Gasteiger partial charge in [-0.2, -0.15) is 0 Å². The first kappa shape index (κ1) is 14.3. The second kappa shape index (κ2) is 6.02. The highest BCUT2D eigenvalue weighted by molar-refractivity contribution is 5.68. The van der Waals surface area contributed by atoms with Gasteiger partial charge in [0.1, 0.15) is 5.82 Å². The molecule has 1 aromatic rings. The lowest BCUT2D eigenvalue weighted by atomic mass is 9.95. The molecule has 3 fully saturated rings. The zero-order valence-corrected chi connectivity index (χ0v) is 12.3. The van der Waals surface area contributed by atoms with Gasteiger partial charge in [0.2, 0.25) is 0 Å². The van der Waals surface area contributed by atoms with E-state index >= 15 is 0 Å². The molecular weight excluding hydrogens is 271 g/mol. The van der Waals surface area contributed by atoms with Crippen LogP contribution in [0.1, 0.15) is 18.4 Å². The number of ether oxygens (including phenoxy) is 1. The van der Waals surface area contributed by atoms with E-state index in [1.165, 1.54) is 19.2 Å². The third-order valence-corrected chi connectivity index (χ3v) is 4.52. The number of carbonyl (C=O) groups excluding carboxylic acids is 1. The van der Waals surface area contributed by atoms with E-state index in [-0.39, 0.29) is 18.0 Å². The number of rotatable bonds is 2. The summed E-state index contributed by atoms with van der Waals surface area (Å²) in [6, 6.07) is 6.91. The molecule has 0 radical (unpaired) electrons. The Labute approximate surface area is 124 Å². The highest BCUT2D eigenvalue weighted by Gasteiger charge is 2.37. The molecule has 1 aromatic carbocycles. The number of hydrogen-bond donors (Lipinski definition) is 0. The van der Waals surface area contributed by atoms with E-state index in [0.29, 0.717) is 5.92 Å². The molecule has 2 atom stereocenters. The normalized spacial score (nSPS) is 25.7. The molecule has 3 aliphatic rings. The molecule has 5 heteroatoms. The Morgan fingerprint density at radius 1 is 1.24 bits per heavy atom. The molecule has 0 spiro atoms. The molecule has 3 aliphatic heterocycles. The number of piperidine rings is 1. The number of carbonyl (C=O) groups is 1. The van der Waals surface area contributed by atoms with Crippen molar-refractivity contribution in [3.8, 4) is 0 Å². The second-order valence-electron chi connectivity index (χ2n) is 6.04. The summed E-state index contributed by atoms with van der Waals surface area (Å²) in [5, 5.41) is 0. The van der Waals surface area contributed by atoms with Crippen LogP contribution < -0.4 is 0 Å². The van der Waals surface area contributed by atoms with E-state index in [1.807, 2.05) is 17.0 Å². The molecule has 0 unspecified atom stereocenters. The zero-order chi connectivity index (χ0) is 14.8. The number of amides is 1. The summed E-state index contributed by atoms with van der Waals surface area (Å²) in [6.07, 6.45) is 1.99. The predicted molar refractivity (Wildman–Crippen MR) is 77.3 cm³/mol. The van der Waals surface area contributed by atoms with Gasteiger partial charge in [-0.25, -0.2) is 9.18 Å². The maximum absolute atomic E-state index is 13.0. The first-order chi connectivity index (χ1) is 10.2. The van der Waals surface area contributed by atoms with E-state index in [4.69, 9.17) is 4.74 Å². The molecule has 2 bridgehead atoms. The van der Waals surface area contributed by atoms with E-state index in [1.54, 1.807) is 0 Å². The molecule has 21 heavy (non-hydrogen) atoms. The Morgan fingerprint density at radius 3 is 2.71 bits per heavy atom. The maximum atomic E-state index is 13.0. The summed E-state index contributed by atoms with van der Waals surface area (Å²) in [7, 11) is 1.44. The average molecular weight is 292 g/mol.